The average Bonchev–Trinajstić information content (AvgIpc) is 2.38. The Balaban J connectivity index is 2.48. The molecule has 0 fully saturated rings. The van der Waals surface area contributed by atoms with Gasteiger partial charge in [-0.2, -0.15) is 13.2 Å². The number of hydrogen-bond acceptors (Lipinski definition) is 1. The number of hydrogen-bond donors (Lipinski definition) is 0. The minimum absolute atomic E-state index is 0.568. The zero-order valence-corrected chi connectivity index (χ0v) is 12.1. The third-order valence-electron chi connectivity index (χ3n) is 2.69. The predicted octanol–water partition coefficient (Wildman–Crippen LogP) is 4.99. The van der Waals surface area contributed by atoms with Crippen LogP contribution < -0.4 is 4.74 Å². The van der Waals surface area contributed by atoms with Crippen LogP contribution in [-0.2, 0) is 6.18 Å². The summed E-state index contributed by atoms with van der Waals surface area (Å²) in [6.07, 6.45) is -4.33. The van der Waals surface area contributed by atoms with E-state index >= 15 is 0 Å². The molecule has 2 aromatic rings. The van der Waals surface area contributed by atoms with Gasteiger partial charge in [-0.3, -0.25) is 0 Å². The van der Waals surface area contributed by atoms with Crippen molar-refractivity contribution in [3.8, 4) is 16.9 Å². The predicted molar refractivity (Wildman–Crippen MR) is 76.1 cm³/mol. The average molecular weight is 378 g/mol. The number of halogens is 4. The molecule has 0 aromatic heterocycles. The van der Waals surface area contributed by atoms with Gasteiger partial charge >= 0.3 is 6.18 Å². The number of methoxy groups -OCH3 is 1. The second-order valence-corrected chi connectivity index (χ2v) is 5.08. The summed E-state index contributed by atoms with van der Waals surface area (Å²) in [7, 11) is 1.54. The Bertz CT molecular complexity index is 576. The summed E-state index contributed by atoms with van der Waals surface area (Å²) in [5.41, 5.74) is 0.660. The highest BCUT2D eigenvalue weighted by Crippen LogP contribution is 2.34. The maximum atomic E-state index is 12.7. The lowest BCUT2D eigenvalue weighted by Crippen LogP contribution is -2.05. The van der Waals surface area contributed by atoms with Crippen LogP contribution in [0.15, 0.2) is 42.5 Å². The Morgan fingerprint density at radius 1 is 1.00 bits per heavy atom. The van der Waals surface area contributed by atoms with Crippen LogP contribution in [0.4, 0.5) is 13.2 Å². The zero-order chi connectivity index (χ0) is 14.0. The van der Waals surface area contributed by atoms with E-state index in [1.807, 2.05) is 22.6 Å². The molecule has 1 nitrogen and oxygen atoms in total. The van der Waals surface area contributed by atoms with Crippen molar-refractivity contribution in [3.63, 3.8) is 0 Å². The lowest BCUT2D eigenvalue weighted by Gasteiger charge is -2.11. The molecular weight excluding hydrogens is 368 g/mol. The van der Waals surface area contributed by atoms with Crippen molar-refractivity contribution in [2.24, 2.45) is 0 Å². The number of rotatable bonds is 2. The maximum absolute atomic E-state index is 12.7. The van der Waals surface area contributed by atoms with Crippen molar-refractivity contribution in [1.82, 2.24) is 0 Å². The van der Waals surface area contributed by atoms with Crippen LogP contribution in [0.2, 0.25) is 0 Å². The first-order valence-electron chi connectivity index (χ1n) is 5.43. The van der Waals surface area contributed by atoms with Crippen LogP contribution in [-0.4, -0.2) is 7.11 Å². The minimum Gasteiger partial charge on any atom is -0.497 e. The molecule has 2 aromatic carbocycles. The Morgan fingerprint density at radius 2 is 1.63 bits per heavy atom. The van der Waals surface area contributed by atoms with Gasteiger partial charge in [-0.15, -0.1) is 0 Å². The standard InChI is InChI=1S/C14H10F3IO/c1-19-11-5-2-9(3-6-11)12-8-10(14(15,16)17)4-7-13(12)18/h2-8H,1H3. The Hall–Kier alpha value is -1.24. The third kappa shape index (κ3) is 3.20. The molecule has 0 aliphatic rings. The van der Waals surface area contributed by atoms with E-state index in [-0.39, 0.29) is 0 Å². The van der Waals surface area contributed by atoms with E-state index in [4.69, 9.17) is 4.74 Å². The highest BCUT2D eigenvalue weighted by atomic mass is 127. The molecule has 0 bridgehead atoms. The molecule has 0 saturated carbocycles. The summed E-state index contributed by atoms with van der Waals surface area (Å²) >= 11 is 2.03. The van der Waals surface area contributed by atoms with Crippen molar-refractivity contribution in [3.05, 3.63) is 51.6 Å². The van der Waals surface area contributed by atoms with E-state index in [0.29, 0.717) is 11.3 Å². The first-order valence-corrected chi connectivity index (χ1v) is 6.51. The van der Waals surface area contributed by atoms with E-state index in [9.17, 15) is 13.2 Å². The van der Waals surface area contributed by atoms with Crippen molar-refractivity contribution in [1.29, 1.82) is 0 Å². The van der Waals surface area contributed by atoms with Gasteiger partial charge in [0.2, 0.25) is 0 Å². The maximum Gasteiger partial charge on any atom is 0.416 e. The van der Waals surface area contributed by atoms with Crippen LogP contribution in [0.3, 0.4) is 0 Å². The molecule has 0 N–H and O–H groups in total. The van der Waals surface area contributed by atoms with Gasteiger partial charge in [-0.1, -0.05) is 12.1 Å². The summed E-state index contributed by atoms with van der Waals surface area (Å²) in [5.74, 6) is 0.672. The third-order valence-corrected chi connectivity index (χ3v) is 3.64. The molecule has 19 heavy (non-hydrogen) atoms. The number of benzene rings is 2. The van der Waals surface area contributed by atoms with Gasteiger partial charge < -0.3 is 4.74 Å². The second-order valence-electron chi connectivity index (χ2n) is 3.92. The molecule has 0 aliphatic heterocycles. The number of alkyl halides is 3. The Kier molecular flexibility index (Phi) is 4.03. The molecular formula is C14H10F3IO. The van der Waals surface area contributed by atoms with Gasteiger partial charge in [0.25, 0.3) is 0 Å². The van der Waals surface area contributed by atoms with Gasteiger partial charge in [-0.25, -0.2) is 0 Å². The first kappa shape index (κ1) is 14.2. The number of ether oxygens (including phenoxy) is 1. The van der Waals surface area contributed by atoms with Crippen molar-refractivity contribution in [2.45, 2.75) is 6.18 Å². The monoisotopic (exact) mass is 378 g/mol. The molecule has 100 valence electrons. The van der Waals surface area contributed by atoms with Crippen molar-refractivity contribution >= 4 is 22.6 Å². The van der Waals surface area contributed by atoms with E-state index in [1.165, 1.54) is 12.1 Å². The summed E-state index contributed by atoms with van der Waals surface area (Å²) < 4.78 is 43.9. The van der Waals surface area contributed by atoms with E-state index in [1.54, 1.807) is 31.4 Å². The lowest BCUT2D eigenvalue weighted by atomic mass is 10.0. The molecule has 0 aliphatic carbocycles. The second kappa shape index (κ2) is 5.40. The summed E-state index contributed by atoms with van der Waals surface area (Å²) in [5, 5.41) is 0. The van der Waals surface area contributed by atoms with Crippen molar-refractivity contribution < 1.29 is 17.9 Å². The largest absolute Gasteiger partial charge is 0.497 e. The summed E-state index contributed by atoms with van der Waals surface area (Å²) in [4.78, 5) is 0. The molecule has 0 amide bonds. The normalized spacial score (nSPS) is 11.4. The van der Waals surface area contributed by atoms with Crippen LogP contribution >= 0.6 is 22.6 Å². The Labute approximate surface area is 122 Å². The molecule has 0 atom stereocenters. The highest BCUT2D eigenvalue weighted by molar-refractivity contribution is 14.1. The topological polar surface area (TPSA) is 9.23 Å². The van der Waals surface area contributed by atoms with Crippen molar-refractivity contribution in [2.75, 3.05) is 7.11 Å². The minimum atomic E-state index is -4.33. The van der Waals surface area contributed by atoms with E-state index in [0.717, 1.165) is 15.2 Å². The molecule has 2 rings (SSSR count). The summed E-state index contributed by atoms with van der Waals surface area (Å²) in [6.45, 7) is 0. The van der Waals surface area contributed by atoms with E-state index in [2.05, 4.69) is 0 Å². The molecule has 0 saturated heterocycles. The van der Waals surface area contributed by atoms with Gasteiger partial charge in [-0.05, 0) is 64.0 Å². The van der Waals surface area contributed by atoms with Crippen LogP contribution in [0, 0.1) is 3.57 Å². The quantitative estimate of drug-likeness (QED) is 0.670. The van der Waals surface area contributed by atoms with Gasteiger partial charge in [0.1, 0.15) is 5.75 Å². The fourth-order valence-electron chi connectivity index (χ4n) is 1.69. The Morgan fingerprint density at radius 3 is 2.16 bits per heavy atom. The summed E-state index contributed by atoms with van der Waals surface area (Å²) in [6, 6.07) is 10.7. The molecule has 0 radical (unpaired) electrons. The van der Waals surface area contributed by atoms with Crippen LogP contribution in [0.5, 0.6) is 5.75 Å². The SMILES string of the molecule is COc1ccc(-c2cc(C(F)(F)F)ccc2I)cc1. The van der Waals surface area contributed by atoms with Crippen LogP contribution in [0.1, 0.15) is 5.56 Å². The van der Waals surface area contributed by atoms with Gasteiger partial charge in [0.15, 0.2) is 0 Å². The molecule has 0 spiro atoms. The smallest absolute Gasteiger partial charge is 0.416 e. The molecule has 5 heteroatoms. The fourth-order valence-corrected chi connectivity index (χ4v) is 2.34. The van der Waals surface area contributed by atoms with Gasteiger partial charge in [0, 0.05) is 3.57 Å². The first-order chi connectivity index (χ1) is 8.91. The molecule has 0 unspecified atom stereocenters. The van der Waals surface area contributed by atoms with E-state index < -0.39 is 11.7 Å². The fraction of sp³-hybridized carbons (Fsp3) is 0.143. The van der Waals surface area contributed by atoms with Crippen LogP contribution in [0.25, 0.3) is 11.1 Å². The zero-order valence-electron chi connectivity index (χ0n) is 9.96. The highest BCUT2D eigenvalue weighted by Gasteiger charge is 2.30. The van der Waals surface area contributed by atoms with Gasteiger partial charge in [0.05, 0.1) is 12.7 Å². The lowest BCUT2D eigenvalue weighted by molar-refractivity contribution is -0.137. The molecule has 0 heterocycles.